The predicted octanol–water partition coefficient (Wildman–Crippen LogP) is 1.82. The summed E-state index contributed by atoms with van der Waals surface area (Å²) in [7, 11) is 0. The van der Waals surface area contributed by atoms with E-state index >= 15 is 0 Å². The van der Waals surface area contributed by atoms with Gasteiger partial charge in [0.25, 0.3) is 0 Å². The average molecular weight is 252 g/mol. The molecule has 2 N–H and O–H groups in total. The zero-order chi connectivity index (χ0) is 13.2. The quantitative estimate of drug-likeness (QED) is 0.779. The molecule has 0 radical (unpaired) electrons. The Morgan fingerprint density at radius 2 is 1.72 bits per heavy atom. The Morgan fingerprint density at radius 3 is 2.17 bits per heavy atom. The molecular formula is C14H24N2O2. The van der Waals surface area contributed by atoms with E-state index in [2.05, 4.69) is 0 Å². The summed E-state index contributed by atoms with van der Waals surface area (Å²) in [6.07, 6.45) is 7.50. The first-order valence-electron chi connectivity index (χ1n) is 7.17. The average Bonchev–Trinajstić information content (AvgIpc) is 2.34. The normalized spacial score (nSPS) is 25.6. The van der Waals surface area contributed by atoms with Gasteiger partial charge >= 0.3 is 0 Å². The molecule has 1 heterocycles. The standard InChI is InChI=1S/C14H24N2O2/c1-2-11(10-15)16-12(17)8-14(9-13(16)18)6-4-3-5-7-14/h11H,2-10,15H2,1H3. The molecule has 2 rings (SSSR count). The third-order valence-corrected chi connectivity index (χ3v) is 4.61. The maximum absolute atomic E-state index is 12.3. The molecule has 4 heteroatoms. The molecule has 1 spiro atoms. The van der Waals surface area contributed by atoms with E-state index in [9.17, 15) is 9.59 Å². The van der Waals surface area contributed by atoms with Gasteiger partial charge in [0.15, 0.2) is 0 Å². The lowest BCUT2D eigenvalue weighted by atomic mass is 9.67. The van der Waals surface area contributed by atoms with Gasteiger partial charge in [-0.05, 0) is 24.7 Å². The summed E-state index contributed by atoms with van der Waals surface area (Å²) in [6.45, 7) is 2.35. The molecule has 2 aliphatic rings. The molecule has 1 saturated carbocycles. The minimum atomic E-state index is -0.106. The molecule has 4 nitrogen and oxygen atoms in total. The van der Waals surface area contributed by atoms with Crippen LogP contribution in [0.25, 0.3) is 0 Å². The van der Waals surface area contributed by atoms with Crippen LogP contribution in [-0.2, 0) is 9.59 Å². The second-order valence-electron chi connectivity index (χ2n) is 5.87. The van der Waals surface area contributed by atoms with Gasteiger partial charge in [0.2, 0.25) is 11.8 Å². The third-order valence-electron chi connectivity index (χ3n) is 4.61. The fourth-order valence-corrected chi connectivity index (χ4v) is 3.53. The Morgan fingerprint density at radius 1 is 1.17 bits per heavy atom. The van der Waals surface area contributed by atoms with Crippen LogP contribution in [-0.4, -0.2) is 29.3 Å². The monoisotopic (exact) mass is 252 g/mol. The molecular weight excluding hydrogens is 228 g/mol. The van der Waals surface area contributed by atoms with Gasteiger partial charge in [-0.1, -0.05) is 26.2 Å². The van der Waals surface area contributed by atoms with Gasteiger partial charge in [0, 0.05) is 19.4 Å². The van der Waals surface area contributed by atoms with Crippen molar-refractivity contribution in [3.8, 4) is 0 Å². The highest BCUT2D eigenvalue weighted by molar-refractivity contribution is 5.99. The highest BCUT2D eigenvalue weighted by Gasteiger charge is 2.45. The lowest BCUT2D eigenvalue weighted by Gasteiger charge is -2.44. The summed E-state index contributed by atoms with van der Waals surface area (Å²) in [6, 6.07) is -0.106. The fourth-order valence-electron chi connectivity index (χ4n) is 3.53. The van der Waals surface area contributed by atoms with Gasteiger partial charge in [-0.2, -0.15) is 0 Å². The van der Waals surface area contributed by atoms with E-state index in [0.717, 1.165) is 32.1 Å². The summed E-state index contributed by atoms with van der Waals surface area (Å²) in [5.41, 5.74) is 5.64. The van der Waals surface area contributed by atoms with Crippen molar-refractivity contribution >= 4 is 11.8 Å². The number of nitrogens with zero attached hydrogens (tertiary/aromatic N) is 1. The number of imide groups is 1. The Kier molecular flexibility index (Phi) is 4.05. The van der Waals surface area contributed by atoms with Crippen LogP contribution < -0.4 is 5.73 Å². The first-order valence-corrected chi connectivity index (χ1v) is 7.17. The second kappa shape index (κ2) is 5.39. The summed E-state index contributed by atoms with van der Waals surface area (Å²) < 4.78 is 0. The number of hydrogen-bond acceptors (Lipinski definition) is 3. The molecule has 0 bridgehead atoms. The molecule has 1 atom stereocenters. The number of rotatable bonds is 3. The van der Waals surface area contributed by atoms with Crippen molar-refractivity contribution in [3.63, 3.8) is 0 Å². The van der Waals surface area contributed by atoms with E-state index < -0.39 is 0 Å². The maximum atomic E-state index is 12.3. The van der Waals surface area contributed by atoms with Gasteiger partial charge in [-0.25, -0.2) is 0 Å². The lowest BCUT2D eigenvalue weighted by Crippen LogP contribution is -2.54. The number of carbonyl (C=O) groups is 2. The Hall–Kier alpha value is -0.900. The van der Waals surface area contributed by atoms with Crippen molar-refractivity contribution in [1.29, 1.82) is 0 Å². The Balaban J connectivity index is 2.12. The second-order valence-corrected chi connectivity index (χ2v) is 5.87. The molecule has 102 valence electrons. The van der Waals surface area contributed by atoms with Gasteiger partial charge < -0.3 is 5.73 Å². The van der Waals surface area contributed by atoms with Crippen LogP contribution >= 0.6 is 0 Å². The molecule has 1 aliphatic carbocycles. The minimum Gasteiger partial charge on any atom is -0.328 e. The SMILES string of the molecule is CCC(CN)N1C(=O)CC2(CCCCC2)CC1=O. The molecule has 1 aliphatic heterocycles. The van der Waals surface area contributed by atoms with Crippen LogP contribution in [0.4, 0.5) is 0 Å². The van der Waals surface area contributed by atoms with Gasteiger partial charge in [-0.15, -0.1) is 0 Å². The van der Waals surface area contributed by atoms with E-state index in [1.807, 2.05) is 6.92 Å². The molecule has 18 heavy (non-hydrogen) atoms. The molecule has 0 aromatic rings. The Bertz CT molecular complexity index is 311. The van der Waals surface area contributed by atoms with Crippen molar-refractivity contribution in [2.45, 2.75) is 64.3 Å². The predicted molar refractivity (Wildman–Crippen MR) is 69.7 cm³/mol. The molecule has 1 saturated heterocycles. The van der Waals surface area contributed by atoms with E-state index in [1.165, 1.54) is 11.3 Å². The maximum Gasteiger partial charge on any atom is 0.230 e. The molecule has 2 amide bonds. The van der Waals surface area contributed by atoms with E-state index in [1.54, 1.807) is 0 Å². The van der Waals surface area contributed by atoms with Crippen LogP contribution in [0.5, 0.6) is 0 Å². The van der Waals surface area contributed by atoms with E-state index in [-0.39, 0.29) is 23.3 Å². The number of piperidine rings is 1. The first-order chi connectivity index (χ1) is 8.62. The largest absolute Gasteiger partial charge is 0.328 e. The number of nitrogens with two attached hydrogens (primary N) is 1. The number of carbonyl (C=O) groups excluding carboxylic acids is 2. The molecule has 1 unspecified atom stereocenters. The van der Waals surface area contributed by atoms with Crippen LogP contribution in [0.15, 0.2) is 0 Å². The topological polar surface area (TPSA) is 63.4 Å². The van der Waals surface area contributed by atoms with Crippen molar-refractivity contribution in [2.75, 3.05) is 6.54 Å². The highest BCUT2D eigenvalue weighted by atomic mass is 16.2. The van der Waals surface area contributed by atoms with Gasteiger partial charge in [-0.3, -0.25) is 14.5 Å². The van der Waals surface area contributed by atoms with Crippen LogP contribution in [0.3, 0.4) is 0 Å². The molecule has 0 aromatic carbocycles. The highest BCUT2D eigenvalue weighted by Crippen LogP contribution is 2.45. The van der Waals surface area contributed by atoms with Crippen molar-refractivity contribution in [1.82, 2.24) is 4.90 Å². The van der Waals surface area contributed by atoms with Crippen molar-refractivity contribution in [3.05, 3.63) is 0 Å². The fraction of sp³-hybridized carbons (Fsp3) is 0.857. The summed E-state index contributed by atoms with van der Waals surface area (Å²) in [5, 5.41) is 0. The van der Waals surface area contributed by atoms with Crippen LogP contribution in [0.2, 0.25) is 0 Å². The van der Waals surface area contributed by atoms with Crippen molar-refractivity contribution in [2.24, 2.45) is 11.1 Å². The zero-order valence-electron chi connectivity index (χ0n) is 11.3. The smallest absolute Gasteiger partial charge is 0.230 e. The zero-order valence-corrected chi connectivity index (χ0v) is 11.3. The Labute approximate surface area is 109 Å². The van der Waals surface area contributed by atoms with Crippen molar-refractivity contribution < 1.29 is 9.59 Å². The number of amides is 2. The molecule has 0 aromatic heterocycles. The van der Waals surface area contributed by atoms with E-state index in [0.29, 0.717) is 19.4 Å². The van der Waals surface area contributed by atoms with Crippen LogP contribution in [0, 0.1) is 5.41 Å². The molecule has 2 fully saturated rings. The van der Waals surface area contributed by atoms with Gasteiger partial charge in [0.05, 0.1) is 6.04 Å². The number of likely N-dealkylation sites (tertiary alicyclic amines) is 1. The minimum absolute atomic E-state index is 0.00505. The van der Waals surface area contributed by atoms with E-state index in [4.69, 9.17) is 5.73 Å². The number of hydrogen-bond donors (Lipinski definition) is 1. The summed E-state index contributed by atoms with van der Waals surface area (Å²) >= 11 is 0. The third kappa shape index (κ3) is 2.44. The van der Waals surface area contributed by atoms with Gasteiger partial charge in [0.1, 0.15) is 0 Å². The first kappa shape index (κ1) is 13.5. The summed E-state index contributed by atoms with van der Waals surface area (Å²) in [5.74, 6) is 0.0101. The lowest BCUT2D eigenvalue weighted by molar-refractivity contribution is -0.157. The summed E-state index contributed by atoms with van der Waals surface area (Å²) in [4.78, 5) is 26.0. The van der Waals surface area contributed by atoms with Crippen LogP contribution in [0.1, 0.15) is 58.3 Å².